The molecular weight excluding hydrogens is 388 g/mol. The molecule has 2 N–H and O–H groups in total. The Bertz CT molecular complexity index is 671. The van der Waals surface area contributed by atoms with Crippen molar-refractivity contribution in [2.24, 2.45) is 16.8 Å². The van der Waals surface area contributed by atoms with Crippen LogP contribution in [-0.2, 0) is 9.47 Å². The molecule has 2 saturated heterocycles. The molecule has 2 aliphatic rings. The largest absolute Gasteiger partial charge is 0.379 e. The van der Waals surface area contributed by atoms with Crippen molar-refractivity contribution in [3.8, 4) is 0 Å². The number of guanidine groups is 1. The van der Waals surface area contributed by atoms with E-state index in [1.165, 1.54) is 24.0 Å². The zero-order valence-corrected chi connectivity index (χ0v) is 19.9. The van der Waals surface area contributed by atoms with Gasteiger partial charge in [0.15, 0.2) is 5.96 Å². The Morgan fingerprint density at radius 3 is 2.55 bits per heavy atom. The van der Waals surface area contributed by atoms with Crippen LogP contribution >= 0.6 is 0 Å². The highest BCUT2D eigenvalue weighted by atomic mass is 16.5. The number of nitrogens with one attached hydrogen (secondary N) is 2. The van der Waals surface area contributed by atoms with Gasteiger partial charge in [0.2, 0.25) is 0 Å². The average molecular weight is 431 g/mol. The molecule has 3 unspecified atom stereocenters. The van der Waals surface area contributed by atoms with Crippen molar-refractivity contribution in [3.05, 3.63) is 35.4 Å². The first-order valence-corrected chi connectivity index (χ1v) is 12.0. The summed E-state index contributed by atoms with van der Waals surface area (Å²) in [4.78, 5) is 7.05. The van der Waals surface area contributed by atoms with Gasteiger partial charge in [-0.2, -0.15) is 0 Å². The zero-order chi connectivity index (χ0) is 22.1. The summed E-state index contributed by atoms with van der Waals surface area (Å²) in [5.41, 5.74) is 2.57. The number of hydrogen-bond donors (Lipinski definition) is 2. The molecule has 2 heterocycles. The maximum Gasteiger partial charge on any atom is 0.191 e. The fourth-order valence-electron chi connectivity index (χ4n) is 4.69. The van der Waals surface area contributed by atoms with E-state index in [2.05, 4.69) is 65.6 Å². The number of ether oxygens (including phenoxy) is 2. The van der Waals surface area contributed by atoms with Crippen LogP contribution in [0.1, 0.15) is 50.3 Å². The molecule has 0 aromatic heterocycles. The first-order chi connectivity index (χ1) is 15.1. The van der Waals surface area contributed by atoms with Crippen molar-refractivity contribution in [1.82, 2.24) is 15.5 Å². The third-order valence-corrected chi connectivity index (χ3v) is 6.42. The molecule has 174 valence electrons. The van der Waals surface area contributed by atoms with Crippen LogP contribution < -0.4 is 10.6 Å². The number of hydrogen-bond acceptors (Lipinski definition) is 4. The van der Waals surface area contributed by atoms with Crippen LogP contribution in [0.2, 0.25) is 0 Å². The second-order valence-electron chi connectivity index (χ2n) is 9.37. The lowest BCUT2D eigenvalue weighted by atomic mass is 9.89. The van der Waals surface area contributed by atoms with Crippen molar-refractivity contribution in [2.75, 3.05) is 53.0 Å². The monoisotopic (exact) mass is 430 g/mol. The number of benzene rings is 1. The Morgan fingerprint density at radius 1 is 1.13 bits per heavy atom. The van der Waals surface area contributed by atoms with Crippen LogP contribution in [0.15, 0.2) is 29.3 Å². The lowest BCUT2D eigenvalue weighted by Gasteiger charge is -2.36. The van der Waals surface area contributed by atoms with Crippen molar-refractivity contribution in [2.45, 2.75) is 52.2 Å². The summed E-state index contributed by atoms with van der Waals surface area (Å²) in [6.45, 7) is 13.1. The van der Waals surface area contributed by atoms with Gasteiger partial charge in [-0.3, -0.25) is 9.89 Å². The molecule has 2 aliphatic heterocycles. The van der Waals surface area contributed by atoms with Crippen molar-refractivity contribution in [3.63, 3.8) is 0 Å². The van der Waals surface area contributed by atoms with E-state index < -0.39 is 0 Å². The summed E-state index contributed by atoms with van der Waals surface area (Å²) in [7, 11) is 1.86. The van der Waals surface area contributed by atoms with Crippen LogP contribution in [0.25, 0.3) is 0 Å². The van der Waals surface area contributed by atoms with E-state index in [1.54, 1.807) is 0 Å². The molecule has 0 spiro atoms. The van der Waals surface area contributed by atoms with Gasteiger partial charge < -0.3 is 20.1 Å². The summed E-state index contributed by atoms with van der Waals surface area (Å²) in [6, 6.07) is 9.28. The standard InChI is InChI=1S/C25H42N4O2/c1-19(2)16-23(29-11-14-30-15-12-29)18-28-25(26-4)27-17-22-6-5-13-31-24(22)21-9-7-20(3)8-10-21/h7-10,19,22-24H,5-6,11-18H2,1-4H3,(H2,26,27,28). The van der Waals surface area contributed by atoms with Gasteiger partial charge in [-0.1, -0.05) is 43.7 Å². The first kappa shape index (κ1) is 24.0. The Morgan fingerprint density at radius 2 is 1.87 bits per heavy atom. The van der Waals surface area contributed by atoms with Gasteiger partial charge in [0.25, 0.3) is 0 Å². The van der Waals surface area contributed by atoms with Crippen LogP contribution in [0, 0.1) is 18.8 Å². The van der Waals surface area contributed by atoms with Gasteiger partial charge in [0.1, 0.15) is 0 Å². The molecule has 1 aromatic carbocycles. The number of morpholine rings is 1. The Kier molecular flexibility index (Phi) is 9.62. The molecule has 6 nitrogen and oxygen atoms in total. The molecule has 0 aliphatic carbocycles. The highest BCUT2D eigenvalue weighted by molar-refractivity contribution is 5.79. The number of aryl methyl sites for hydroxylation is 1. The van der Waals surface area contributed by atoms with Crippen LogP contribution in [0.3, 0.4) is 0 Å². The second kappa shape index (κ2) is 12.4. The Hall–Kier alpha value is -1.63. The quantitative estimate of drug-likeness (QED) is 0.489. The van der Waals surface area contributed by atoms with Crippen molar-refractivity contribution < 1.29 is 9.47 Å². The van der Waals surface area contributed by atoms with Gasteiger partial charge in [0, 0.05) is 51.8 Å². The molecule has 6 heteroatoms. The van der Waals surface area contributed by atoms with E-state index in [0.29, 0.717) is 17.9 Å². The van der Waals surface area contributed by atoms with Crippen LogP contribution in [0.4, 0.5) is 0 Å². The minimum absolute atomic E-state index is 0.155. The molecule has 3 atom stereocenters. The lowest BCUT2D eigenvalue weighted by molar-refractivity contribution is -0.0265. The SMILES string of the molecule is CN=C(NCC1CCCOC1c1ccc(C)cc1)NCC(CC(C)C)N1CCOCC1. The summed E-state index contributed by atoms with van der Waals surface area (Å²) in [5, 5.41) is 7.17. The summed E-state index contributed by atoms with van der Waals surface area (Å²) in [6.07, 6.45) is 3.62. The zero-order valence-electron chi connectivity index (χ0n) is 19.9. The van der Waals surface area contributed by atoms with E-state index in [0.717, 1.165) is 58.4 Å². The summed E-state index contributed by atoms with van der Waals surface area (Å²) in [5.74, 6) is 2.00. The molecular formula is C25H42N4O2. The fourth-order valence-corrected chi connectivity index (χ4v) is 4.69. The predicted octanol–water partition coefficient (Wildman–Crippen LogP) is 3.37. The van der Waals surface area contributed by atoms with E-state index in [1.807, 2.05) is 7.05 Å². The van der Waals surface area contributed by atoms with E-state index in [4.69, 9.17) is 9.47 Å². The van der Waals surface area contributed by atoms with E-state index in [9.17, 15) is 0 Å². The molecule has 3 rings (SSSR count). The van der Waals surface area contributed by atoms with E-state index in [-0.39, 0.29) is 6.10 Å². The topological polar surface area (TPSA) is 58.1 Å². The summed E-state index contributed by atoms with van der Waals surface area (Å²) < 4.78 is 11.7. The average Bonchev–Trinajstić information content (AvgIpc) is 2.79. The number of aliphatic imine (C=N–C) groups is 1. The molecule has 0 amide bonds. The maximum absolute atomic E-state index is 6.18. The number of rotatable bonds is 8. The molecule has 2 fully saturated rings. The number of nitrogens with zero attached hydrogens (tertiary/aromatic N) is 2. The predicted molar refractivity (Wildman–Crippen MR) is 128 cm³/mol. The highest BCUT2D eigenvalue weighted by Crippen LogP contribution is 2.33. The summed E-state index contributed by atoms with van der Waals surface area (Å²) >= 11 is 0. The van der Waals surface area contributed by atoms with Crippen molar-refractivity contribution in [1.29, 1.82) is 0 Å². The molecule has 0 radical (unpaired) electrons. The third-order valence-electron chi connectivity index (χ3n) is 6.42. The van der Waals surface area contributed by atoms with Gasteiger partial charge in [-0.25, -0.2) is 0 Å². The highest BCUT2D eigenvalue weighted by Gasteiger charge is 2.28. The van der Waals surface area contributed by atoms with E-state index >= 15 is 0 Å². The van der Waals surface area contributed by atoms with Gasteiger partial charge in [0.05, 0.1) is 19.3 Å². The molecule has 0 bridgehead atoms. The van der Waals surface area contributed by atoms with Crippen LogP contribution in [-0.4, -0.2) is 69.9 Å². The minimum Gasteiger partial charge on any atom is -0.379 e. The third kappa shape index (κ3) is 7.48. The van der Waals surface area contributed by atoms with Gasteiger partial charge in [-0.15, -0.1) is 0 Å². The Labute approximate surface area is 188 Å². The van der Waals surface area contributed by atoms with Gasteiger partial charge in [-0.05, 0) is 37.7 Å². The minimum atomic E-state index is 0.155. The molecule has 0 saturated carbocycles. The maximum atomic E-state index is 6.18. The van der Waals surface area contributed by atoms with Crippen LogP contribution in [0.5, 0.6) is 0 Å². The normalized spacial score (nSPS) is 24.2. The molecule has 31 heavy (non-hydrogen) atoms. The first-order valence-electron chi connectivity index (χ1n) is 12.0. The Balaban J connectivity index is 1.53. The smallest absolute Gasteiger partial charge is 0.191 e. The molecule has 1 aromatic rings. The van der Waals surface area contributed by atoms with Gasteiger partial charge >= 0.3 is 0 Å². The van der Waals surface area contributed by atoms with Crippen molar-refractivity contribution >= 4 is 5.96 Å². The fraction of sp³-hybridized carbons (Fsp3) is 0.720. The second-order valence-corrected chi connectivity index (χ2v) is 9.37. The lowest BCUT2D eigenvalue weighted by Crippen LogP contribution is -2.51.